The first-order valence-electron chi connectivity index (χ1n) is 7.25. The number of methoxy groups -OCH3 is 3. The van der Waals surface area contributed by atoms with Gasteiger partial charge in [-0.1, -0.05) is 0 Å². The minimum Gasteiger partial charge on any atom is -0.493 e. The Morgan fingerprint density at radius 2 is 1.81 bits per heavy atom. The molecule has 0 aromatic heterocycles. The standard InChI is InChI=1S/C16H25NO3S/c1-16(6-5-7-21-16)11-17-10-12-8-13(18-2)15(20-4)14(9-12)19-3/h8-9,17H,5-7,10-11H2,1-4H3. The van der Waals surface area contributed by atoms with Crippen LogP contribution in [0.5, 0.6) is 17.2 Å². The summed E-state index contributed by atoms with van der Waals surface area (Å²) >= 11 is 2.07. The fourth-order valence-electron chi connectivity index (χ4n) is 2.68. The van der Waals surface area contributed by atoms with Crippen molar-refractivity contribution < 1.29 is 14.2 Å². The Balaban J connectivity index is 2.02. The summed E-state index contributed by atoms with van der Waals surface area (Å²) in [7, 11) is 4.91. The molecule has 1 saturated heterocycles. The Labute approximate surface area is 131 Å². The molecule has 1 fully saturated rings. The summed E-state index contributed by atoms with van der Waals surface area (Å²) in [5.41, 5.74) is 1.14. The van der Waals surface area contributed by atoms with E-state index in [1.54, 1.807) is 21.3 Å². The number of hydrogen-bond donors (Lipinski definition) is 1. The summed E-state index contributed by atoms with van der Waals surface area (Å²) in [4.78, 5) is 0. The number of benzene rings is 1. The first kappa shape index (κ1) is 16.3. The Bertz CT molecular complexity index is 448. The first-order valence-corrected chi connectivity index (χ1v) is 8.24. The molecule has 0 amide bonds. The van der Waals surface area contributed by atoms with Gasteiger partial charge in [0.2, 0.25) is 5.75 Å². The SMILES string of the molecule is COc1cc(CNCC2(C)CCCS2)cc(OC)c1OC. The van der Waals surface area contributed by atoms with Crippen LogP contribution in [0.3, 0.4) is 0 Å². The molecule has 0 radical (unpaired) electrons. The summed E-state index contributed by atoms with van der Waals surface area (Å²) in [6.45, 7) is 4.16. The average molecular weight is 311 g/mol. The van der Waals surface area contributed by atoms with Gasteiger partial charge in [-0.15, -0.1) is 0 Å². The van der Waals surface area contributed by atoms with E-state index in [-0.39, 0.29) is 0 Å². The van der Waals surface area contributed by atoms with E-state index in [0.29, 0.717) is 22.0 Å². The fourth-order valence-corrected chi connectivity index (χ4v) is 3.96. The molecule has 1 heterocycles. The molecule has 2 rings (SSSR count). The van der Waals surface area contributed by atoms with Crippen LogP contribution in [0, 0.1) is 0 Å². The largest absolute Gasteiger partial charge is 0.493 e. The zero-order chi connectivity index (χ0) is 15.3. The molecular weight excluding hydrogens is 286 g/mol. The van der Waals surface area contributed by atoms with Gasteiger partial charge in [0.25, 0.3) is 0 Å². The second-order valence-corrected chi connectivity index (χ2v) is 7.22. The molecule has 1 N–H and O–H groups in total. The summed E-state index contributed by atoms with van der Waals surface area (Å²) in [6, 6.07) is 4.00. The van der Waals surface area contributed by atoms with E-state index in [2.05, 4.69) is 24.0 Å². The normalized spacial score (nSPS) is 21.3. The molecule has 0 spiro atoms. The Hall–Kier alpha value is -1.07. The lowest BCUT2D eigenvalue weighted by Crippen LogP contribution is -2.32. The number of hydrogen-bond acceptors (Lipinski definition) is 5. The number of thioether (sulfide) groups is 1. The van der Waals surface area contributed by atoms with E-state index >= 15 is 0 Å². The lowest BCUT2D eigenvalue weighted by molar-refractivity contribution is 0.323. The van der Waals surface area contributed by atoms with Crippen molar-refractivity contribution in [1.29, 1.82) is 0 Å². The predicted octanol–water partition coefficient (Wildman–Crippen LogP) is 3.09. The molecule has 21 heavy (non-hydrogen) atoms. The van der Waals surface area contributed by atoms with Crippen LogP contribution in [0.2, 0.25) is 0 Å². The molecule has 1 unspecified atom stereocenters. The predicted molar refractivity (Wildman–Crippen MR) is 87.9 cm³/mol. The molecule has 1 atom stereocenters. The van der Waals surface area contributed by atoms with Crippen LogP contribution >= 0.6 is 11.8 Å². The molecule has 1 aliphatic rings. The molecule has 118 valence electrons. The minimum absolute atomic E-state index is 0.376. The van der Waals surface area contributed by atoms with E-state index in [1.165, 1.54) is 18.6 Å². The van der Waals surface area contributed by atoms with Gasteiger partial charge in [-0.2, -0.15) is 11.8 Å². The molecule has 1 aromatic rings. The van der Waals surface area contributed by atoms with E-state index in [1.807, 2.05) is 12.1 Å². The van der Waals surface area contributed by atoms with Crippen LogP contribution in [0.4, 0.5) is 0 Å². The first-order chi connectivity index (χ1) is 10.1. The Kier molecular flexibility index (Phi) is 5.65. The van der Waals surface area contributed by atoms with Gasteiger partial charge in [-0.25, -0.2) is 0 Å². The van der Waals surface area contributed by atoms with Crippen molar-refractivity contribution >= 4 is 11.8 Å². The van der Waals surface area contributed by atoms with Crippen molar-refractivity contribution in [3.05, 3.63) is 17.7 Å². The van der Waals surface area contributed by atoms with E-state index < -0.39 is 0 Å². The highest BCUT2D eigenvalue weighted by atomic mass is 32.2. The van der Waals surface area contributed by atoms with Crippen LogP contribution in [-0.4, -0.2) is 38.4 Å². The maximum atomic E-state index is 5.38. The van der Waals surface area contributed by atoms with Gasteiger partial charge in [-0.05, 0) is 43.2 Å². The third-order valence-corrected chi connectivity index (χ3v) is 5.39. The number of nitrogens with one attached hydrogen (secondary N) is 1. The third kappa shape index (κ3) is 3.98. The van der Waals surface area contributed by atoms with Crippen molar-refractivity contribution in [2.75, 3.05) is 33.6 Å². The molecule has 0 bridgehead atoms. The molecule has 0 aliphatic carbocycles. The smallest absolute Gasteiger partial charge is 0.203 e. The monoisotopic (exact) mass is 311 g/mol. The third-order valence-electron chi connectivity index (χ3n) is 3.85. The van der Waals surface area contributed by atoms with Crippen molar-refractivity contribution in [2.24, 2.45) is 0 Å². The number of rotatable bonds is 7. The molecule has 0 saturated carbocycles. The molecule has 1 aliphatic heterocycles. The molecular formula is C16H25NO3S. The highest BCUT2D eigenvalue weighted by Crippen LogP contribution is 2.39. The lowest BCUT2D eigenvalue weighted by Gasteiger charge is -2.23. The summed E-state index contributed by atoms with van der Waals surface area (Å²) < 4.78 is 16.5. The highest BCUT2D eigenvalue weighted by Gasteiger charge is 2.28. The van der Waals surface area contributed by atoms with Crippen LogP contribution in [0.25, 0.3) is 0 Å². The zero-order valence-electron chi connectivity index (χ0n) is 13.3. The van der Waals surface area contributed by atoms with E-state index in [0.717, 1.165) is 18.7 Å². The van der Waals surface area contributed by atoms with Gasteiger partial charge in [-0.3, -0.25) is 0 Å². The van der Waals surface area contributed by atoms with Gasteiger partial charge >= 0.3 is 0 Å². The van der Waals surface area contributed by atoms with Crippen LogP contribution in [-0.2, 0) is 6.54 Å². The second-order valence-electron chi connectivity index (χ2n) is 5.54. The van der Waals surface area contributed by atoms with Crippen LogP contribution in [0.1, 0.15) is 25.3 Å². The highest BCUT2D eigenvalue weighted by molar-refractivity contribution is 8.00. The maximum absolute atomic E-state index is 5.38. The van der Waals surface area contributed by atoms with Crippen molar-refractivity contribution in [2.45, 2.75) is 31.1 Å². The molecule has 1 aromatic carbocycles. The summed E-state index contributed by atoms with van der Waals surface area (Å²) in [5, 5.41) is 3.55. The second kappa shape index (κ2) is 7.27. The van der Waals surface area contributed by atoms with Gasteiger partial charge < -0.3 is 19.5 Å². The van der Waals surface area contributed by atoms with Crippen LogP contribution in [0.15, 0.2) is 12.1 Å². The quantitative estimate of drug-likeness (QED) is 0.838. The zero-order valence-corrected chi connectivity index (χ0v) is 14.1. The molecule has 4 nitrogen and oxygen atoms in total. The van der Waals surface area contributed by atoms with Crippen molar-refractivity contribution in [1.82, 2.24) is 5.32 Å². The van der Waals surface area contributed by atoms with Crippen molar-refractivity contribution in [3.8, 4) is 17.2 Å². The Morgan fingerprint density at radius 1 is 1.14 bits per heavy atom. The summed E-state index contributed by atoms with van der Waals surface area (Å²) in [6.07, 6.45) is 2.62. The average Bonchev–Trinajstić information content (AvgIpc) is 2.92. The van der Waals surface area contributed by atoms with Gasteiger partial charge in [0.15, 0.2) is 11.5 Å². The van der Waals surface area contributed by atoms with E-state index in [4.69, 9.17) is 14.2 Å². The van der Waals surface area contributed by atoms with Gasteiger partial charge in [0.05, 0.1) is 21.3 Å². The van der Waals surface area contributed by atoms with E-state index in [9.17, 15) is 0 Å². The Morgan fingerprint density at radius 3 is 2.29 bits per heavy atom. The van der Waals surface area contributed by atoms with Crippen LogP contribution < -0.4 is 19.5 Å². The topological polar surface area (TPSA) is 39.7 Å². The number of ether oxygens (including phenoxy) is 3. The summed E-state index contributed by atoms with van der Waals surface area (Å²) in [5.74, 6) is 3.33. The van der Waals surface area contributed by atoms with Gasteiger partial charge in [0.1, 0.15) is 0 Å². The lowest BCUT2D eigenvalue weighted by atomic mass is 10.1. The van der Waals surface area contributed by atoms with Gasteiger partial charge in [0, 0.05) is 17.8 Å². The molecule has 5 heteroatoms. The van der Waals surface area contributed by atoms with Crippen molar-refractivity contribution in [3.63, 3.8) is 0 Å². The maximum Gasteiger partial charge on any atom is 0.203 e. The minimum atomic E-state index is 0.376. The fraction of sp³-hybridized carbons (Fsp3) is 0.625.